The molecule has 3 rings (SSSR count). The minimum Gasteiger partial charge on any atom is -0.333 e. The Hall–Kier alpha value is -2.11. The van der Waals surface area contributed by atoms with Crippen LogP contribution in [0.4, 0.5) is 0 Å². The van der Waals surface area contributed by atoms with E-state index in [2.05, 4.69) is 15.3 Å². The summed E-state index contributed by atoms with van der Waals surface area (Å²) in [6.45, 7) is 1.11. The monoisotopic (exact) mass is 259 g/mol. The lowest BCUT2D eigenvalue weighted by molar-refractivity contribution is -0.136. The van der Waals surface area contributed by atoms with E-state index in [0.29, 0.717) is 6.54 Å². The number of hydrogen-bond donors (Lipinski definition) is 1. The zero-order valence-corrected chi connectivity index (χ0v) is 10.7. The van der Waals surface area contributed by atoms with Crippen LogP contribution in [0.5, 0.6) is 0 Å². The van der Waals surface area contributed by atoms with Crippen molar-refractivity contribution >= 4 is 5.91 Å². The van der Waals surface area contributed by atoms with E-state index in [4.69, 9.17) is 0 Å². The second-order valence-corrected chi connectivity index (χ2v) is 4.81. The molecule has 2 aromatic heterocycles. The molecule has 1 N–H and O–H groups in total. The Kier molecular flexibility index (Phi) is 3.31. The summed E-state index contributed by atoms with van der Waals surface area (Å²) in [4.78, 5) is 14.3. The Bertz CT molecular complexity index is 519. The molecule has 0 aliphatic carbocycles. The van der Waals surface area contributed by atoms with Gasteiger partial charge in [0, 0.05) is 25.1 Å². The summed E-state index contributed by atoms with van der Waals surface area (Å²) in [5, 5.41) is 11.1. The van der Waals surface area contributed by atoms with Crippen molar-refractivity contribution in [2.45, 2.75) is 31.8 Å². The van der Waals surface area contributed by atoms with Crippen molar-refractivity contribution in [3.63, 3.8) is 0 Å². The highest BCUT2D eigenvalue weighted by Gasteiger charge is 2.28. The van der Waals surface area contributed by atoms with Crippen LogP contribution in [0, 0.1) is 0 Å². The number of likely N-dealkylation sites (tertiary alicyclic amines) is 1. The summed E-state index contributed by atoms with van der Waals surface area (Å²) < 4.78 is 1.67. The molecule has 0 aromatic carbocycles. The molecule has 1 aliphatic heterocycles. The molecule has 2 aromatic rings. The Balaban J connectivity index is 1.75. The fourth-order valence-electron chi connectivity index (χ4n) is 2.63. The summed E-state index contributed by atoms with van der Waals surface area (Å²) in [5.41, 5.74) is 1.02. The van der Waals surface area contributed by atoms with E-state index in [-0.39, 0.29) is 11.9 Å². The third kappa shape index (κ3) is 2.52. The first-order valence-corrected chi connectivity index (χ1v) is 6.61. The van der Waals surface area contributed by atoms with Gasteiger partial charge < -0.3 is 4.90 Å². The van der Waals surface area contributed by atoms with Crippen molar-refractivity contribution in [1.29, 1.82) is 0 Å². The zero-order valence-electron chi connectivity index (χ0n) is 10.7. The van der Waals surface area contributed by atoms with Crippen LogP contribution in [-0.2, 0) is 11.3 Å². The molecule has 19 heavy (non-hydrogen) atoms. The highest BCUT2D eigenvalue weighted by atomic mass is 16.2. The van der Waals surface area contributed by atoms with E-state index in [0.717, 1.165) is 31.5 Å². The average Bonchev–Trinajstić information content (AvgIpc) is 3.11. The number of aromatic amines is 1. The predicted octanol–water partition coefficient (Wildman–Crippen LogP) is 1.36. The third-order valence-electron chi connectivity index (χ3n) is 3.56. The molecule has 1 unspecified atom stereocenters. The van der Waals surface area contributed by atoms with E-state index in [1.54, 1.807) is 17.1 Å². The number of aromatic nitrogens is 4. The number of piperidine rings is 1. The second-order valence-electron chi connectivity index (χ2n) is 4.81. The van der Waals surface area contributed by atoms with Crippen molar-refractivity contribution in [3.8, 4) is 0 Å². The number of nitrogens with zero attached hydrogens (tertiary/aromatic N) is 4. The highest BCUT2D eigenvalue weighted by Crippen LogP contribution is 2.29. The third-order valence-corrected chi connectivity index (χ3v) is 3.56. The number of H-pyrrole nitrogens is 1. The van der Waals surface area contributed by atoms with Gasteiger partial charge in [-0.25, -0.2) is 0 Å². The van der Waals surface area contributed by atoms with E-state index < -0.39 is 0 Å². The molecule has 6 nitrogen and oxygen atoms in total. The maximum Gasteiger partial charge on any atom is 0.244 e. The summed E-state index contributed by atoms with van der Waals surface area (Å²) >= 11 is 0. The molecule has 1 atom stereocenters. The smallest absolute Gasteiger partial charge is 0.244 e. The van der Waals surface area contributed by atoms with Gasteiger partial charge in [-0.1, -0.05) is 0 Å². The fraction of sp³-hybridized carbons (Fsp3) is 0.462. The highest BCUT2D eigenvalue weighted by molar-refractivity contribution is 5.76. The van der Waals surface area contributed by atoms with Crippen LogP contribution in [0.25, 0.3) is 0 Å². The minimum atomic E-state index is 0.114. The summed E-state index contributed by atoms with van der Waals surface area (Å²) in [6, 6.07) is 3.90. The normalized spacial score (nSPS) is 19.6. The average molecular weight is 259 g/mol. The standard InChI is InChI=1S/C13H17N5O/c19-13(10-17-8-3-6-15-17)18-9-2-1-4-12(18)11-5-7-14-16-11/h3,5-8,12H,1-2,4,9-10H2,(H,14,16). The molecule has 1 fully saturated rings. The molecule has 0 spiro atoms. The zero-order chi connectivity index (χ0) is 13.1. The largest absolute Gasteiger partial charge is 0.333 e. The van der Waals surface area contributed by atoms with E-state index >= 15 is 0 Å². The van der Waals surface area contributed by atoms with Gasteiger partial charge in [0.05, 0.1) is 11.7 Å². The molecule has 100 valence electrons. The molecule has 0 radical (unpaired) electrons. The lowest BCUT2D eigenvalue weighted by Gasteiger charge is -2.35. The lowest BCUT2D eigenvalue weighted by atomic mass is 9.99. The molecule has 1 aliphatic rings. The number of rotatable bonds is 3. The van der Waals surface area contributed by atoms with Crippen LogP contribution in [0.3, 0.4) is 0 Å². The van der Waals surface area contributed by atoms with Crippen molar-refractivity contribution in [1.82, 2.24) is 24.9 Å². The molecule has 6 heteroatoms. The lowest BCUT2D eigenvalue weighted by Crippen LogP contribution is -2.40. The number of amides is 1. The van der Waals surface area contributed by atoms with Gasteiger partial charge in [0.1, 0.15) is 6.54 Å². The molecular weight excluding hydrogens is 242 g/mol. The van der Waals surface area contributed by atoms with Crippen molar-refractivity contribution in [2.75, 3.05) is 6.54 Å². The van der Waals surface area contributed by atoms with Gasteiger partial charge in [-0.2, -0.15) is 10.2 Å². The first kappa shape index (κ1) is 12.0. The Labute approximate surface area is 111 Å². The van der Waals surface area contributed by atoms with Crippen LogP contribution in [0.2, 0.25) is 0 Å². The predicted molar refractivity (Wildman–Crippen MR) is 69.1 cm³/mol. The van der Waals surface area contributed by atoms with E-state index in [1.165, 1.54) is 0 Å². The van der Waals surface area contributed by atoms with Crippen molar-refractivity contribution in [2.24, 2.45) is 0 Å². The number of carbonyl (C=O) groups excluding carboxylic acids is 1. The van der Waals surface area contributed by atoms with E-state index in [1.807, 2.05) is 23.2 Å². The maximum absolute atomic E-state index is 12.4. The van der Waals surface area contributed by atoms with E-state index in [9.17, 15) is 4.79 Å². The molecule has 0 saturated carbocycles. The fourth-order valence-corrected chi connectivity index (χ4v) is 2.63. The van der Waals surface area contributed by atoms with Crippen molar-refractivity contribution in [3.05, 3.63) is 36.4 Å². The summed E-state index contributed by atoms with van der Waals surface area (Å²) in [5.74, 6) is 0.114. The summed E-state index contributed by atoms with van der Waals surface area (Å²) in [7, 11) is 0. The first-order chi connectivity index (χ1) is 9.34. The SMILES string of the molecule is O=C(Cn1cccn1)N1CCCCC1c1ccn[nH]1. The first-order valence-electron chi connectivity index (χ1n) is 6.61. The van der Waals surface area contributed by atoms with Gasteiger partial charge in [0.15, 0.2) is 0 Å². The molecule has 1 saturated heterocycles. The van der Waals surface area contributed by atoms with Gasteiger partial charge in [-0.15, -0.1) is 0 Å². The van der Waals surface area contributed by atoms with Gasteiger partial charge in [-0.3, -0.25) is 14.6 Å². The van der Waals surface area contributed by atoms with Gasteiger partial charge in [0.25, 0.3) is 0 Å². The second kappa shape index (κ2) is 5.26. The molecule has 0 bridgehead atoms. The minimum absolute atomic E-state index is 0.114. The van der Waals surface area contributed by atoms with Crippen LogP contribution < -0.4 is 0 Å². The Morgan fingerprint density at radius 3 is 3.11 bits per heavy atom. The molecule has 3 heterocycles. The summed E-state index contributed by atoms with van der Waals surface area (Å²) in [6.07, 6.45) is 8.45. The molecule has 1 amide bonds. The van der Waals surface area contributed by atoms with Gasteiger partial charge in [-0.05, 0) is 31.4 Å². The topological polar surface area (TPSA) is 66.8 Å². The maximum atomic E-state index is 12.4. The van der Waals surface area contributed by atoms with Gasteiger partial charge in [0.2, 0.25) is 5.91 Å². The van der Waals surface area contributed by atoms with Crippen LogP contribution in [0.15, 0.2) is 30.7 Å². The molecular formula is C13H17N5O. The van der Waals surface area contributed by atoms with Crippen LogP contribution in [-0.4, -0.2) is 37.3 Å². The van der Waals surface area contributed by atoms with Crippen molar-refractivity contribution < 1.29 is 4.79 Å². The Morgan fingerprint density at radius 1 is 1.42 bits per heavy atom. The van der Waals surface area contributed by atoms with Gasteiger partial charge >= 0.3 is 0 Å². The quantitative estimate of drug-likeness (QED) is 0.905. The number of carbonyl (C=O) groups is 1. The number of nitrogens with one attached hydrogen (secondary N) is 1. The van der Waals surface area contributed by atoms with Crippen LogP contribution >= 0.6 is 0 Å². The number of hydrogen-bond acceptors (Lipinski definition) is 3. The van der Waals surface area contributed by atoms with Crippen LogP contribution in [0.1, 0.15) is 31.0 Å². The Morgan fingerprint density at radius 2 is 2.37 bits per heavy atom.